The van der Waals surface area contributed by atoms with E-state index in [4.69, 9.17) is 5.11 Å². The highest BCUT2D eigenvalue weighted by Gasteiger charge is 2.28. The van der Waals surface area contributed by atoms with Gasteiger partial charge in [-0.15, -0.1) is 0 Å². The molecule has 2 amide bonds. The molecule has 0 aromatic heterocycles. The number of amides is 2. The zero-order valence-electron chi connectivity index (χ0n) is 11.9. The van der Waals surface area contributed by atoms with Crippen molar-refractivity contribution in [2.75, 3.05) is 11.9 Å². The van der Waals surface area contributed by atoms with Crippen molar-refractivity contribution < 1.29 is 14.7 Å². The van der Waals surface area contributed by atoms with E-state index in [1.54, 1.807) is 12.1 Å². The first-order valence-electron chi connectivity index (χ1n) is 6.97. The maximum absolute atomic E-state index is 12.0. The Hall–Kier alpha value is -1.56. The van der Waals surface area contributed by atoms with Crippen LogP contribution in [0.2, 0.25) is 0 Å². The Morgan fingerprint density at radius 1 is 1.33 bits per heavy atom. The first kappa shape index (κ1) is 15.8. The summed E-state index contributed by atoms with van der Waals surface area (Å²) < 4.78 is 0.713. The highest BCUT2D eigenvalue weighted by atomic mass is 79.9. The van der Waals surface area contributed by atoms with E-state index in [2.05, 4.69) is 33.5 Å². The molecule has 3 N–H and O–H groups in total. The lowest BCUT2D eigenvalue weighted by Crippen LogP contribution is -2.37. The van der Waals surface area contributed by atoms with Crippen LogP contribution in [0.4, 0.5) is 10.5 Å². The van der Waals surface area contributed by atoms with Crippen LogP contribution in [0, 0.1) is 5.41 Å². The molecular weight excluding hydrogens is 336 g/mol. The number of carbonyl (C=O) groups excluding carboxylic acids is 1. The second kappa shape index (κ2) is 6.47. The number of urea groups is 1. The smallest absolute Gasteiger partial charge is 0.337 e. The van der Waals surface area contributed by atoms with Gasteiger partial charge < -0.3 is 15.7 Å². The summed E-state index contributed by atoms with van der Waals surface area (Å²) in [6, 6.07) is 4.30. The summed E-state index contributed by atoms with van der Waals surface area (Å²) in [5.41, 5.74) is 0.510. The van der Waals surface area contributed by atoms with Crippen molar-refractivity contribution >= 4 is 33.6 Å². The highest BCUT2D eigenvalue weighted by Crippen LogP contribution is 2.36. The molecule has 0 radical (unpaired) electrons. The predicted octanol–water partition coefficient (Wildman–Crippen LogP) is 3.85. The Morgan fingerprint density at radius 2 is 2.00 bits per heavy atom. The summed E-state index contributed by atoms with van der Waals surface area (Å²) in [5.74, 6) is -1.07. The fraction of sp³-hybridized carbons (Fsp3) is 0.467. The molecule has 1 aliphatic carbocycles. The number of carboxylic acid groups (broad SMARTS) is 1. The van der Waals surface area contributed by atoms with E-state index in [-0.39, 0.29) is 22.7 Å². The third-order valence-corrected chi connectivity index (χ3v) is 4.44. The molecule has 1 fully saturated rings. The van der Waals surface area contributed by atoms with Crippen molar-refractivity contribution in [2.24, 2.45) is 5.41 Å². The zero-order chi connectivity index (χ0) is 15.5. The monoisotopic (exact) mass is 354 g/mol. The lowest BCUT2D eigenvalue weighted by molar-refractivity contribution is 0.0698. The number of halogens is 1. The van der Waals surface area contributed by atoms with E-state index in [0.717, 1.165) is 12.8 Å². The molecule has 0 aliphatic heterocycles. The topological polar surface area (TPSA) is 78.4 Å². The molecule has 21 heavy (non-hydrogen) atoms. The minimum absolute atomic E-state index is 0.0698. The van der Waals surface area contributed by atoms with Gasteiger partial charge in [-0.3, -0.25) is 0 Å². The number of nitrogens with one attached hydrogen (secondary N) is 2. The molecule has 1 saturated carbocycles. The number of carboxylic acids is 1. The number of rotatable bonds is 4. The second-order valence-electron chi connectivity index (χ2n) is 5.82. The van der Waals surface area contributed by atoms with Crippen LogP contribution in [0.3, 0.4) is 0 Å². The largest absolute Gasteiger partial charge is 0.478 e. The van der Waals surface area contributed by atoms with Crippen LogP contribution in [0.5, 0.6) is 0 Å². The lowest BCUT2D eigenvalue weighted by Gasteiger charge is -2.23. The van der Waals surface area contributed by atoms with E-state index in [1.807, 2.05) is 0 Å². The lowest BCUT2D eigenvalue weighted by atomic mass is 9.89. The summed E-state index contributed by atoms with van der Waals surface area (Å²) in [5, 5.41) is 14.6. The van der Waals surface area contributed by atoms with Crippen LogP contribution < -0.4 is 10.6 Å². The third kappa shape index (κ3) is 4.20. The summed E-state index contributed by atoms with van der Waals surface area (Å²) >= 11 is 3.27. The van der Waals surface area contributed by atoms with Gasteiger partial charge in [-0.25, -0.2) is 9.59 Å². The molecule has 5 nitrogen and oxygen atoms in total. The van der Waals surface area contributed by atoms with Crippen molar-refractivity contribution in [1.82, 2.24) is 5.32 Å². The SMILES string of the molecule is CC1(CNC(=O)Nc2cc(Br)ccc2C(=O)O)CCCC1. The van der Waals surface area contributed by atoms with Gasteiger partial charge in [-0.2, -0.15) is 0 Å². The van der Waals surface area contributed by atoms with Crippen LogP contribution in [0.1, 0.15) is 43.0 Å². The van der Waals surface area contributed by atoms with Crippen LogP contribution in [-0.2, 0) is 0 Å². The minimum Gasteiger partial charge on any atom is -0.478 e. The van der Waals surface area contributed by atoms with Crippen molar-refractivity contribution in [3.05, 3.63) is 28.2 Å². The minimum atomic E-state index is -1.07. The molecular formula is C15H19BrN2O3. The Bertz CT molecular complexity index is 554. The molecule has 0 unspecified atom stereocenters. The van der Waals surface area contributed by atoms with Crippen LogP contribution >= 0.6 is 15.9 Å². The fourth-order valence-electron chi connectivity index (χ4n) is 2.67. The van der Waals surface area contributed by atoms with E-state index >= 15 is 0 Å². The van der Waals surface area contributed by atoms with Gasteiger partial charge in [0.1, 0.15) is 0 Å². The zero-order valence-corrected chi connectivity index (χ0v) is 13.5. The molecule has 114 valence electrons. The molecule has 0 heterocycles. The van der Waals surface area contributed by atoms with Gasteiger partial charge in [-0.1, -0.05) is 35.7 Å². The van der Waals surface area contributed by atoms with Gasteiger partial charge in [0.2, 0.25) is 0 Å². The average molecular weight is 355 g/mol. The van der Waals surface area contributed by atoms with E-state index in [0.29, 0.717) is 11.0 Å². The molecule has 1 aromatic carbocycles. The molecule has 2 rings (SSSR count). The number of hydrogen-bond donors (Lipinski definition) is 3. The molecule has 0 saturated heterocycles. The number of aromatic carboxylic acids is 1. The van der Waals surface area contributed by atoms with Crippen molar-refractivity contribution in [3.8, 4) is 0 Å². The standard InChI is InChI=1S/C15H19BrN2O3/c1-15(6-2-3-7-15)9-17-14(21)18-12-8-10(16)4-5-11(12)13(19)20/h4-5,8H,2-3,6-7,9H2,1H3,(H,19,20)(H2,17,18,21). The fourth-order valence-corrected chi connectivity index (χ4v) is 3.03. The Labute approximate surface area is 132 Å². The third-order valence-electron chi connectivity index (χ3n) is 3.95. The molecule has 6 heteroatoms. The summed E-state index contributed by atoms with van der Waals surface area (Å²) in [7, 11) is 0. The highest BCUT2D eigenvalue weighted by molar-refractivity contribution is 9.10. The Balaban J connectivity index is 1.99. The van der Waals surface area contributed by atoms with Crippen LogP contribution in [0.15, 0.2) is 22.7 Å². The average Bonchev–Trinajstić information content (AvgIpc) is 2.84. The van der Waals surface area contributed by atoms with Crippen molar-refractivity contribution in [1.29, 1.82) is 0 Å². The summed E-state index contributed by atoms with van der Waals surface area (Å²) in [4.78, 5) is 23.1. The van der Waals surface area contributed by atoms with Gasteiger partial charge in [0.15, 0.2) is 0 Å². The maximum atomic E-state index is 12.0. The summed E-state index contributed by atoms with van der Waals surface area (Å²) in [6.07, 6.45) is 4.64. The van der Waals surface area contributed by atoms with Crippen molar-refractivity contribution in [2.45, 2.75) is 32.6 Å². The maximum Gasteiger partial charge on any atom is 0.337 e. The van der Waals surface area contributed by atoms with E-state index in [1.165, 1.54) is 18.9 Å². The van der Waals surface area contributed by atoms with E-state index in [9.17, 15) is 9.59 Å². The normalized spacial score (nSPS) is 16.5. The molecule has 1 aliphatic rings. The molecule has 0 spiro atoms. The Kier molecular flexibility index (Phi) is 4.88. The number of hydrogen-bond acceptors (Lipinski definition) is 2. The van der Waals surface area contributed by atoms with Crippen molar-refractivity contribution in [3.63, 3.8) is 0 Å². The van der Waals surface area contributed by atoms with Gasteiger partial charge in [0.25, 0.3) is 0 Å². The first-order valence-corrected chi connectivity index (χ1v) is 7.77. The predicted molar refractivity (Wildman–Crippen MR) is 84.7 cm³/mol. The molecule has 1 aromatic rings. The molecule has 0 atom stereocenters. The quantitative estimate of drug-likeness (QED) is 0.768. The van der Waals surface area contributed by atoms with E-state index < -0.39 is 5.97 Å². The second-order valence-corrected chi connectivity index (χ2v) is 6.74. The first-order chi connectivity index (χ1) is 9.89. The van der Waals surface area contributed by atoms with Gasteiger partial charge in [0.05, 0.1) is 11.3 Å². The number of benzene rings is 1. The van der Waals surface area contributed by atoms with Gasteiger partial charge >= 0.3 is 12.0 Å². The number of anilines is 1. The van der Waals surface area contributed by atoms with Crippen LogP contribution in [-0.4, -0.2) is 23.7 Å². The van der Waals surface area contributed by atoms with Gasteiger partial charge in [0, 0.05) is 11.0 Å². The molecule has 0 bridgehead atoms. The van der Waals surface area contributed by atoms with Crippen LogP contribution in [0.25, 0.3) is 0 Å². The van der Waals surface area contributed by atoms with Gasteiger partial charge in [-0.05, 0) is 36.5 Å². The number of carbonyl (C=O) groups is 2. The summed E-state index contributed by atoms with van der Waals surface area (Å²) in [6.45, 7) is 2.78. The Morgan fingerprint density at radius 3 is 2.62 bits per heavy atom.